The molecule has 0 saturated heterocycles. The van der Waals surface area contributed by atoms with Crippen LogP contribution in [-0.4, -0.2) is 16.6 Å². The van der Waals surface area contributed by atoms with Gasteiger partial charge in [-0.15, -0.1) is 0 Å². The Morgan fingerprint density at radius 2 is 2.00 bits per heavy atom. The fourth-order valence-corrected chi connectivity index (χ4v) is 0.993. The molecule has 0 unspecified atom stereocenters. The number of rotatable bonds is 1. The van der Waals surface area contributed by atoms with E-state index in [9.17, 15) is 4.79 Å². The topological polar surface area (TPSA) is 90.7 Å². The number of esters is 1. The van der Waals surface area contributed by atoms with Crippen LogP contribution < -0.4 is 11.6 Å². The van der Waals surface area contributed by atoms with Crippen molar-refractivity contribution in [1.29, 1.82) is 0 Å². The average Bonchev–Trinajstić information content (AvgIpc) is 1.96. The highest BCUT2D eigenvalue weighted by atomic mass is 32.2. The number of carbonyl (C=O) groups is 1. The lowest BCUT2D eigenvalue weighted by atomic mass is 10.2. The second-order valence-corrected chi connectivity index (χ2v) is 4.62. The van der Waals surface area contributed by atoms with E-state index in [0.29, 0.717) is 0 Å². The van der Waals surface area contributed by atoms with Crippen LogP contribution in [0.2, 0.25) is 0 Å². The number of hydrogen-bond donors (Lipinski definition) is 2. The van der Waals surface area contributed by atoms with Crippen LogP contribution in [0.5, 0.6) is 0 Å². The largest absolute Gasteiger partial charge is 0.455 e. The molecule has 14 heavy (non-hydrogen) atoms. The number of nitrogens with zero attached hydrogens (tertiary/aromatic N) is 1. The highest BCUT2D eigenvalue weighted by Gasteiger charge is 2.21. The lowest BCUT2D eigenvalue weighted by Crippen LogP contribution is -2.28. The summed E-state index contributed by atoms with van der Waals surface area (Å²) >= 11 is 0.882. The Morgan fingerprint density at radius 3 is 2.29 bits per heavy atom. The first kappa shape index (κ1) is 12.8. The minimum Gasteiger partial charge on any atom is -0.455 e. The van der Waals surface area contributed by atoms with Crippen molar-refractivity contribution in [3.8, 4) is 0 Å². The second-order valence-electron chi connectivity index (χ2n) is 3.50. The average molecular weight is 217 g/mol. The van der Waals surface area contributed by atoms with E-state index in [1.54, 1.807) is 20.8 Å². The van der Waals surface area contributed by atoms with E-state index in [1.165, 1.54) is 0 Å². The van der Waals surface area contributed by atoms with E-state index in [4.69, 9.17) is 16.3 Å². The summed E-state index contributed by atoms with van der Waals surface area (Å²) in [6.45, 7) is 8.67. The predicted octanol–water partition coefficient (Wildman–Crippen LogP) is 0.763. The summed E-state index contributed by atoms with van der Waals surface area (Å²) in [6.07, 6.45) is 0. The fourth-order valence-electron chi connectivity index (χ4n) is 0.567. The van der Waals surface area contributed by atoms with Crippen molar-refractivity contribution in [1.82, 2.24) is 0 Å². The Kier molecular flexibility index (Phi) is 4.49. The quantitative estimate of drug-likeness (QED) is 0.222. The number of ether oxygens (including phenoxy) is 1. The van der Waals surface area contributed by atoms with E-state index in [-0.39, 0.29) is 10.1 Å². The Bertz CT molecular complexity index is 268. The maximum absolute atomic E-state index is 11.4. The molecule has 0 aliphatic heterocycles. The second kappa shape index (κ2) is 4.90. The van der Waals surface area contributed by atoms with Gasteiger partial charge < -0.3 is 16.3 Å². The van der Waals surface area contributed by atoms with Gasteiger partial charge in [0, 0.05) is 0 Å². The molecule has 4 N–H and O–H groups in total. The molecule has 0 heterocycles. The fraction of sp³-hybridized carbons (Fsp3) is 0.500. The monoisotopic (exact) mass is 217 g/mol. The van der Waals surface area contributed by atoms with Crippen LogP contribution in [-0.2, 0) is 9.53 Å². The summed E-state index contributed by atoms with van der Waals surface area (Å²) in [5, 5.41) is 3.51. The maximum atomic E-state index is 11.4. The normalized spacial score (nSPS) is 12.4. The summed E-state index contributed by atoms with van der Waals surface area (Å²) in [6, 6.07) is 0. The Labute approximate surface area is 87.5 Å². The minimum atomic E-state index is -0.600. The van der Waals surface area contributed by atoms with Crippen molar-refractivity contribution in [2.45, 2.75) is 26.4 Å². The summed E-state index contributed by atoms with van der Waals surface area (Å²) in [5.41, 5.74) is 4.71. The molecule has 0 aromatic heterocycles. The Hall–Kier alpha value is -1.17. The third kappa shape index (κ3) is 5.47. The lowest BCUT2D eigenvalue weighted by Gasteiger charge is -2.19. The molecular formula is C8H15N3O2S. The zero-order valence-corrected chi connectivity index (χ0v) is 9.35. The molecular weight excluding hydrogens is 202 g/mol. The third-order valence-electron chi connectivity index (χ3n) is 0.919. The van der Waals surface area contributed by atoms with Gasteiger partial charge in [0.1, 0.15) is 5.60 Å². The van der Waals surface area contributed by atoms with Crippen molar-refractivity contribution in [2.75, 3.05) is 0 Å². The van der Waals surface area contributed by atoms with Crippen molar-refractivity contribution in [2.24, 2.45) is 16.7 Å². The van der Waals surface area contributed by atoms with E-state index >= 15 is 0 Å². The highest BCUT2D eigenvalue weighted by molar-refractivity contribution is 8.18. The van der Waals surface area contributed by atoms with Crippen LogP contribution in [0.4, 0.5) is 0 Å². The highest BCUT2D eigenvalue weighted by Crippen LogP contribution is 2.14. The number of nitrogens with two attached hydrogens (primary N) is 2. The van der Waals surface area contributed by atoms with Crippen LogP contribution in [0, 0.1) is 0 Å². The van der Waals surface area contributed by atoms with Gasteiger partial charge in [0.05, 0.1) is 5.03 Å². The van der Waals surface area contributed by atoms with Crippen LogP contribution in [0.3, 0.4) is 0 Å². The molecule has 0 spiro atoms. The molecule has 5 nitrogen and oxygen atoms in total. The summed E-state index contributed by atoms with van der Waals surface area (Å²) in [4.78, 5) is 11.4. The zero-order valence-electron chi connectivity index (χ0n) is 8.53. The number of thioether (sulfide) groups is 1. The minimum absolute atomic E-state index is 0.00701. The Morgan fingerprint density at radius 1 is 1.50 bits per heavy atom. The first-order valence-corrected chi connectivity index (χ1v) is 4.71. The summed E-state index contributed by atoms with van der Waals surface area (Å²) in [5.74, 6) is 4.41. The van der Waals surface area contributed by atoms with Gasteiger partial charge in [0.15, 0.2) is 0 Å². The van der Waals surface area contributed by atoms with Gasteiger partial charge in [-0.25, -0.2) is 4.79 Å². The maximum Gasteiger partial charge on any atom is 0.366 e. The molecule has 0 radical (unpaired) electrons. The number of hydrazone groups is 1. The van der Waals surface area contributed by atoms with Gasteiger partial charge in [0.25, 0.3) is 0 Å². The van der Waals surface area contributed by atoms with Crippen LogP contribution in [0.25, 0.3) is 0 Å². The molecule has 0 aliphatic rings. The van der Waals surface area contributed by atoms with Crippen LogP contribution in [0.1, 0.15) is 20.8 Å². The molecule has 0 bridgehead atoms. The number of carbonyl (C=O) groups excluding carboxylic acids is 1. The molecule has 0 aliphatic carbocycles. The molecule has 0 atom stereocenters. The molecule has 0 saturated carbocycles. The van der Waals surface area contributed by atoms with E-state index in [1.807, 2.05) is 0 Å². The van der Waals surface area contributed by atoms with E-state index < -0.39 is 11.6 Å². The van der Waals surface area contributed by atoms with Gasteiger partial charge in [-0.3, -0.25) is 0 Å². The van der Waals surface area contributed by atoms with Gasteiger partial charge in [-0.05, 0) is 32.5 Å². The summed E-state index contributed by atoms with van der Waals surface area (Å²) in [7, 11) is 0. The van der Waals surface area contributed by atoms with Crippen LogP contribution in [0.15, 0.2) is 16.7 Å². The SMILES string of the molecule is C=C(N)S/C(=N\N)C(=O)OC(C)(C)C. The van der Waals surface area contributed by atoms with Crippen molar-refractivity contribution in [3.05, 3.63) is 11.6 Å². The van der Waals surface area contributed by atoms with Gasteiger partial charge in [0.2, 0.25) is 5.04 Å². The first-order valence-electron chi connectivity index (χ1n) is 3.89. The van der Waals surface area contributed by atoms with E-state index in [2.05, 4.69) is 11.7 Å². The standard InChI is InChI=1S/C8H15N3O2S/c1-5(9)14-6(11-10)7(12)13-8(2,3)4/h1,9-10H2,2-4H3/b11-6-. The van der Waals surface area contributed by atoms with Crippen LogP contribution >= 0.6 is 11.8 Å². The smallest absolute Gasteiger partial charge is 0.366 e. The lowest BCUT2D eigenvalue weighted by molar-refractivity contribution is -0.145. The molecule has 0 aromatic carbocycles. The molecule has 0 fully saturated rings. The Balaban J connectivity index is 4.43. The molecule has 0 aromatic rings. The molecule has 0 amide bonds. The van der Waals surface area contributed by atoms with E-state index in [0.717, 1.165) is 11.8 Å². The van der Waals surface area contributed by atoms with Crippen molar-refractivity contribution < 1.29 is 9.53 Å². The van der Waals surface area contributed by atoms with Gasteiger partial charge in [-0.1, -0.05) is 6.58 Å². The van der Waals surface area contributed by atoms with Gasteiger partial charge in [-0.2, -0.15) is 5.10 Å². The predicted molar refractivity (Wildman–Crippen MR) is 58.4 cm³/mol. The van der Waals surface area contributed by atoms with Gasteiger partial charge >= 0.3 is 5.97 Å². The zero-order chi connectivity index (χ0) is 11.4. The molecule has 80 valence electrons. The first-order chi connectivity index (χ1) is 6.26. The summed E-state index contributed by atoms with van der Waals surface area (Å²) < 4.78 is 5.02. The molecule has 6 heteroatoms. The van der Waals surface area contributed by atoms with Crippen molar-refractivity contribution >= 4 is 22.8 Å². The molecule has 0 rings (SSSR count). The number of hydrogen-bond acceptors (Lipinski definition) is 6. The van der Waals surface area contributed by atoms with Crippen molar-refractivity contribution in [3.63, 3.8) is 0 Å². The third-order valence-corrected chi connectivity index (χ3v) is 1.65.